The molecule has 1 aliphatic rings. The molecule has 0 fully saturated rings. The predicted octanol–water partition coefficient (Wildman–Crippen LogP) is 1.69. The number of amides is 1. The van der Waals surface area contributed by atoms with E-state index in [4.69, 9.17) is 11.1 Å². The third-order valence-corrected chi connectivity index (χ3v) is 3.29. The summed E-state index contributed by atoms with van der Waals surface area (Å²) in [5, 5.41) is 10.0. The summed E-state index contributed by atoms with van der Waals surface area (Å²) in [6, 6.07) is 2.86. The molecular weight excluding hydrogens is 353 g/mol. The largest absolute Gasteiger partial charge is 0.465 e. The van der Waals surface area contributed by atoms with Crippen molar-refractivity contribution in [2.45, 2.75) is 6.18 Å². The third kappa shape index (κ3) is 3.97. The Morgan fingerprint density at radius 2 is 2.00 bits per heavy atom. The Morgan fingerprint density at radius 3 is 2.58 bits per heavy atom. The monoisotopic (exact) mass is 366 g/mol. The first-order valence-electron chi connectivity index (χ1n) is 7.06. The maximum absolute atomic E-state index is 12.7. The van der Waals surface area contributed by atoms with Crippen LogP contribution < -0.4 is 11.1 Å². The highest BCUT2D eigenvalue weighted by Gasteiger charge is 2.33. The zero-order chi connectivity index (χ0) is 19.5. The fourth-order valence-electron chi connectivity index (χ4n) is 2.04. The number of methoxy groups -OCH3 is 1. The number of pyridine rings is 1. The molecule has 0 radical (unpaired) electrons. The van der Waals surface area contributed by atoms with E-state index in [-0.39, 0.29) is 22.6 Å². The van der Waals surface area contributed by atoms with Gasteiger partial charge in [0.2, 0.25) is 0 Å². The molecule has 0 aromatic carbocycles. The fourth-order valence-corrected chi connectivity index (χ4v) is 2.04. The van der Waals surface area contributed by atoms with Crippen molar-refractivity contribution in [2.24, 2.45) is 5.73 Å². The molecule has 10 heteroatoms. The lowest BCUT2D eigenvalue weighted by molar-refractivity contribution is -0.141. The summed E-state index contributed by atoms with van der Waals surface area (Å²) in [7, 11) is 1.11. The van der Waals surface area contributed by atoms with Crippen molar-refractivity contribution in [3.8, 4) is 0 Å². The van der Waals surface area contributed by atoms with E-state index in [1.54, 1.807) is 0 Å². The number of nitrogens with two attached hydrogens (primary N) is 1. The van der Waals surface area contributed by atoms with Crippen LogP contribution in [-0.4, -0.2) is 29.7 Å². The number of allylic oxidation sites excluding steroid dienone is 3. The van der Waals surface area contributed by atoms with Gasteiger partial charge in [-0.25, -0.2) is 9.78 Å². The molecule has 1 aliphatic carbocycles. The number of nitrogens with zero attached hydrogens (tertiary/aromatic N) is 1. The van der Waals surface area contributed by atoms with E-state index in [1.165, 1.54) is 6.08 Å². The molecule has 0 saturated heterocycles. The Kier molecular flexibility index (Phi) is 5.24. The Balaban J connectivity index is 2.35. The topological polar surface area (TPSA) is 118 Å². The van der Waals surface area contributed by atoms with Crippen molar-refractivity contribution < 1.29 is 27.5 Å². The van der Waals surface area contributed by atoms with E-state index in [9.17, 15) is 22.8 Å². The summed E-state index contributed by atoms with van der Waals surface area (Å²) in [5.41, 5.74) is 3.53. The molecule has 1 aromatic heterocycles. The van der Waals surface area contributed by atoms with Gasteiger partial charge in [-0.15, -0.1) is 0 Å². The van der Waals surface area contributed by atoms with Crippen molar-refractivity contribution in [1.82, 2.24) is 10.3 Å². The molecule has 0 saturated carbocycles. The van der Waals surface area contributed by atoms with Gasteiger partial charge in [0.25, 0.3) is 5.91 Å². The summed E-state index contributed by atoms with van der Waals surface area (Å²) >= 11 is 0. The van der Waals surface area contributed by atoms with E-state index in [1.807, 2.05) is 0 Å². The Hall–Kier alpha value is -3.43. The summed E-state index contributed by atoms with van der Waals surface area (Å²) < 4.78 is 42.7. The van der Waals surface area contributed by atoms with Gasteiger partial charge in [-0.1, -0.05) is 6.07 Å². The van der Waals surface area contributed by atoms with Crippen LogP contribution in [0.3, 0.4) is 0 Å². The smallest absolute Gasteiger partial charge is 0.433 e. The summed E-state index contributed by atoms with van der Waals surface area (Å²) in [6.45, 7) is 0. The van der Waals surface area contributed by atoms with Crippen LogP contribution in [0, 0.1) is 5.41 Å². The van der Waals surface area contributed by atoms with E-state index in [2.05, 4.69) is 15.0 Å². The Labute approximate surface area is 145 Å². The minimum atomic E-state index is -4.71. The number of nitrogens with one attached hydrogen (secondary N) is 2. The number of alkyl halides is 3. The number of carbonyl (C=O) groups is 2. The van der Waals surface area contributed by atoms with E-state index >= 15 is 0 Å². The SMILES string of the molecule is COC(=O)C1=CC(=N)/C(=C\N)C=C1NC(=O)c1cccc(C(F)(F)F)n1. The van der Waals surface area contributed by atoms with Crippen LogP contribution in [-0.2, 0) is 15.7 Å². The molecular formula is C16H13F3N4O3. The van der Waals surface area contributed by atoms with Gasteiger partial charge in [0.15, 0.2) is 0 Å². The molecule has 1 aromatic rings. The highest BCUT2D eigenvalue weighted by molar-refractivity contribution is 6.15. The van der Waals surface area contributed by atoms with Gasteiger partial charge in [0, 0.05) is 11.8 Å². The molecule has 136 valence electrons. The fraction of sp³-hybridized carbons (Fsp3) is 0.125. The molecule has 1 heterocycles. The van der Waals surface area contributed by atoms with E-state index < -0.39 is 29.4 Å². The number of hydrogen-bond donors (Lipinski definition) is 3. The molecule has 0 spiro atoms. The molecule has 0 bridgehead atoms. The normalized spacial score (nSPS) is 16.0. The van der Waals surface area contributed by atoms with Gasteiger partial charge < -0.3 is 21.2 Å². The minimum absolute atomic E-state index is 0.0752. The average molecular weight is 366 g/mol. The van der Waals surface area contributed by atoms with Crippen LogP contribution in [0.25, 0.3) is 0 Å². The van der Waals surface area contributed by atoms with Crippen molar-refractivity contribution in [1.29, 1.82) is 5.41 Å². The number of ether oxygens (including phenoxy) is 1. The van der Waals surface area contributed by atoms with Gasteiger partial charge in [-0.05, 0) is 24.3 Å². The van der Waals surface area contributed by atoms with E-state index in [0.29, 0.717) is 0 Å². The second-order valence-electron chi connectivity index (χ2n) is 5.00. The number of carbonyl (C=O) groups excluding carboxylic acids is 2. The van der Waals surface area contributed by atoms with Gasteiger partial charge >= 0.3 is 12.1 Å². The molecule has 4 N–H and O–H groups in total. The summed E-state index contributed by atoms with van der Waals surface area (Å²) in [4.78, 5) is 27.4. The van der Waals surface area contributed by atoms with Crippen molar-refractivity contribution in [2.75, 3.05) is 7.11 Å². The second kappa shape index (κ2) is 7.21. The third-order valence-electron chi connectivity index (χ3n) is 3.29. The highest BCUT2D eigenvalue weighted by atomic mass is 19.4. The summed E-state index contributed by atoms with van der Waals surface area (Å²) in [6.07, 6.45) is -1.26. The molecule has 7 nitrogen and oxygen atoms in total. The number of halogens is 3. The standard InChI is InChI=1S/C16H13F3N4O3/c1-26-15(25)9-6-10(21)8(7-20)5-12(9)23-14(24)11-3-2-4-13(22-11)16(17,18)19/h2-7,21H,20H2,1H3,(H,23,24)/b8-7-,21-10?. The first-order chi connectivity index (χ1) is 12.2. The van der Waals surface area contributed by atoms with Crippen molar-refractivity contribution in [3.63, 3.8) is 0 Å². The minimum Gasteiger partial charge on any atom is -0.465 e. The first kappa shape index (κ1) is 18.9. The van der Waals surface area contributed by atoms with Crippen LogP contribution in [0.15, 0.2) is 53.4 Å². The van der Waals surface area contributed by atoms with Crippen LogP contribution >= 0.6 is 0 Å². The lowest BCUT2D eigenvalue weighted by Crippen LogP contribution is -2.30. The zero-order valence-corrected chi connectivity index (χ0v) is 13.3. The van der Waals surface area contributed by atoms with Gasteiger partial charge in [-0.3, -0.25) is 4.79 Å². The average Bonchev–Trinajstić information content (AvgIpc) is 2.61. The molecule has 26 heavy (non-hydrogen) atoms. The second-order valence-corrected chi connectivity index (χ2v) is 5.00. The number of esters is 1. The van der Waals surface area contributed by atoms with Gasteiger partial charge in [-0.2, -0.15) is 13.2 Å². The lowest BCUT2D eigenvalue weighted by atomic mass is 9.97. The number of rotatable bonds is 3. The maximum Gasteiger partial charge on any atom is 0.433 e. The molecule has 2 rings (SSSR count). The number of aromatic nitrogens is 1. The zero-order valence-electron chi connectivity index (χ0n) is 13.3. The summed E-state index contributed by atoms with van der Waals surface area (Å²) in [5.74, 6) is -1.81. The molecule has 0 atom stereocenters. The van der Waals surface area contributed by atoms with Crippen LogP contribution in [0.2, 0.25) is 0 Å². The quantitative estimate of drug-likeness (QED) is 0.704. The van der Waals surface area contributed by atoms with Gasteiger partial charge in [0.1, 0.15) is 11.4 Å². The Morgan fingerprint density at radius 1 is 1.31 bits per heavy atom. The van der Waals surface area contributed by atoms with Crippen LogP contribution in [0.5, 0.6) is 0 Å². The van der Waals surface area contributed by atoms with Crippen LogP contribution in [0.1, 0.15) is 16.2 Å². The van der Waals surface area contributed by atoms with Gasteiger partial charge in [0.05, 0.1) is 24.1 Å². The molecule has 1 amide bonds. The molecule has 0 aliphatic heterocycles. The lowest BCUT2D eigenvalue weighted by Gasteiger charge is -2.17. The maximum atomic E-state index is 12.7. The number of hydrogen-bond acceptors (Lipinski definition) is 6. The molecule has 0 unspecified atom stereocenters. The first-order valence-corrected chi connectivity index (χ1v) is 7.06. The van der Waals surface area contributed by atoms with Crippen LogP contribution in [0.4, 0.5) is 13.2 Å². The predicted molar refractivity (Wildman–Crippen MR) is 84.9 cm³/mol. The highest BCUT2D eigenvalue weighted by Crippen LogP contribution is 2.27. The van der Waals surface area contributed by atoms with E-state index in [0.717, 1.165) is 37.6 Å². The van der Waals surface area contributed by atoms with Crippen molar-refractivity contribution in [3.05, 3.63) is 64.8 Å². The van der Waals surface area contributed by atoms with Crippen molar-refractivity contribution >= 4 is 17.6 Å². The Bertz CT molecular complexity index is 870.